The van der Waals surface area contributed by atoms with Crippen molar-refractivity contribution in [2.24, 2.45) is 23.7 Å². The van der Waals surface area contributed by atoms with Crippen LogP contribution in [0.4, 0.5) is 5.69 Å². The standard InChI is InChI=1S/C26H24Cl2N2O5/c27-17-8-9-18(28)19(12-17)29-21(31)13-35-26(34)20(10-14-4-2-1-3-5-14)30-24(32)22-15-6-7-16(11-15)23(22)25(30)33/h1-5,8-9,12,15-16,20,22-23H,6-7,10-11,13H2,(H,29,31)/t15-,16-,20-,22-,23-/m0/s1. The van der Waals surface area contributed by atoms with E-state index in [1.807, 2.05) is 30.3 Å². The first-order valence-corrected chi connectivity index (χ1v) is 12.4. The summed E-state index contributed by atoms with van der Waals surface area (Å²) < 4.78 is 5.31. The number of amides is 3. The number of ether oxygens (including phenoxy) is 1. The van der Waals surface area contributed by atoms with E-state index in [-0.39, 0.29) is 52.6 Å². The molecule has 1 N–H and O–H groups in total. The second-order valence-electron chi connectivity index (χ2n) is 9.42. The van der Waals surface area contributed by atoms with E-state index >= 15 is 0 Å². The Morgan fingerprint density at radius 2 is 1.66 bits per heavy atom. The van der Waals surface area contributed by atoms with Gasteiger partial charge in [0.1, 0.15) is 6.04 Å². The zero-order valence-corrected chi connectivity index (χ0v) is 20.3. The molecule has 9 heteroatoms. The lowest BCUT2D eigenvalue weighted by Gasteiger charge is -2.26. The summed E-state index contributed by atoms with van der Waals surface area (Å²) in [6.07, 6.45) is 2.91. The molecule has 0 unspecified atom stereocenters. The van der Waals surface area contributed by atoms with Crippen molar-refractivity contribution >= 4 is 52.6 Å². The molecule has 3 amide bonds. The average molecular weight is 515 g/mol. The highest BCUT2D eigenvalue weighted by Crippen LogP contribution is 2.56. The van der Waals surface area contributed by atoms with E-state index in [1.54, 1.807) is 6.07 Å². The highest BCUT2D eigenvalue weighted by atomic mass is 35.5. The third-order valence-corrected chi connectivity index (χ3v) is 7.93. The number of anilines is 1. The highest BCUT2D eigenvalue weighted by molar-refractivity contribution is 6.35. The molecule has 2 saturated carbocycles. The Balaban J connectivity index is 1.32. The van der Waals surface area contributed by atoms with Crippen molar-refractivity contribution in [1.29, 1.82) is 0 Å². The van der Waals surface area contributed by atoms with Gasteiger partial charge in [0.05, 0.1) is 22.5 Å². The second kappa shape index (κ2) is 9.63. The van der Waals surface area contributed by atoms with Crippen molar-refractivity contribution in [3.8, 4) is 0 Å². The summed E-state index contributed by atoms with van der Waals surface area (Å²) in [5.74, 6) is -2.28. The Bertz CT molecular complexity index is 1160. The molecule has 1 heterocycles. The summed E-state index contributed by atoms with van der Waals surface area (Å²) in [7, 11) is 0. The first-order chi connectivity index (χ1) is 16.8. The first kappa shape index (κ1) is 23.8. The molecule has 1 aliphatic heterocycles. The van der Waals surface area contributed by atoms with Crippen molar-refractivity contribution in [2.45, 2.75) is 31.7 Å². The molecule has 2 bridgehead atoms. The lowest BCUT2D eigenvalue weighted by molar-refractivity contribution is -0.160. The van der Waals surface area contributed by atoms with E-state index in [2.05, 4.69) is 5.32 Å². The van der Waals surface area contributed by atoms with Gasteiger partial charge in [0.15, 0.2) is 6.61 Å². The maximum atomic E-state index is 13.4. The Hall–Kier alpha value is -2.90. The molecule has 5 rings (SSSR count). The SMILES string of the molecule is O=C(COC(=O)[C@H](Cc1ccccc1)N1C(=O)[C@H]2[C@H]3CC[C@@H](C3)[C@@H]2C1=O)Nc1cc(Cl)ccc1Cl. The molecule has 2 aromatic carbocycles. The predicted octanol–water partition coefficient (Wildman–Crippen LogP) is 4.12. The van der Waals surface area contributed by atoms with Crippen LogP contribution < -0.4 is 5.32 Å². The summed E-state index contributed by atoms with van der Waals surface area (Å²) in [4.78, 5) is 53.5. The largest absolute Gasteiger partial charge is 0.454 e. The van der Waals surface area contributed by atoms with Gasteiger partial charge in [-0.1, -0.05) is 53.5 Å². The number of carbonyl (C=O) groups is 4. The van der Waals surface area contributed by atoms with Crippen LogP contribution in [0.5, 0.6) is 0 Å². The Kier molecular flexibility index (Phi) is 6.55. The molecule has 3 fully saturated rings. The lowest BCUT2D eigenvalue weighted by Crippen LogP contribution is -2.48. The van der Waals surface area contributed by atoms with Gasteiger partial charge in [-0.25, -0.2) is 4.79 Å². The smallest absolute Gasteiger partial charge is 0.330 e. The zero-order valence-electron chi connectivity index (χ0n) is 18.8. The van der Waals surface area contributed by atoms with Crippen LogP contribution in [0.25, 0.3) is 0 Å². The van der Waals surface area contributed by atoms with Crippen LogP contribution in [0.1, 0.15) is 24.8 Å². The molecule has 0 spiro atoms. The van der Waals surface area contributed by atoms with E-state index in [9.17, 15) is 19.2 Å². The quantitative estimate of drug-likeness (QED) is 0.443. The Labute approximate surface area is 212 Å². The number of halogens is 2. The van der Waals surface area contributed by atoms with Gasteiger partial charge in [-0.05, 0) is 54.9 Å². The van der Waals surface area contributed by atoms with Crippen LogP contribution in [0.15, 0.2) is 48.5 Å². The number of carbonyl (C=O) groups excluding carboxylic acids is 4. The fourth-order valence-corrected chi connectivity index (χ4v) is 6.21. The average Bonchev–Trinajstić information content (AvgIpc) is 3.53. The number of nitrogens with one attached hydrogen (secondary N) is 1. The summed E-state index contributed by atoms with van der Waals surface area (Å²) in [5.41, 5.74) is 1.07. The van der Waals surface area contributed by atoms with Gasteiger partial charge in [0.2, 0.25) is 11.8 Å². The number of nitrogens with zero attached hydrogens (tertiary/aromatic N) is 1. The third kappa shape index (κ3) is 4.55. The molecule has 0 aromatic heterocycles. The number of fused-ring (bicyclic) bond motifs is 5. The molecular weight excluding hydrogens is 491 g/mol. The molecular formula is C26H24Cl2N2O5. The summed E-state index contributed by atoms with van der Waals surface area (Å²) in [6, 6.07) is 12.6. The number of esters is 1. The van der Waals surface area contributed by atoms with Crippen molar-refractivity contribution in [3.05, 3.63) is 64.1 Å². The minimum Gasteiger partial charge on any atom is -0.454 e. The maximum absolute atomic E-state index is 13.4. The van der Waals surface area contributed by atoms with E-state index < -0.39 is 24.5 Å². The predicted molar refractivity (Wildman–Crippen MR) is 130 cm³/mol. The topological polar surface area (TPSA) is 92.8 Å². The number of benzene rings is 2. The Morgan fingerprint density at radius 3 is 2.31 bits per heavy atom. The minimum atomic E-state index is -1.13. The zero-order chi connectivity index (χ0) is 24.7. The van der Waals surface area contributed by atoms with Crippen molar-refractivity contribution in [1.82, 2.24) is 4.90 Å². The van der Waals surface area contributed by atoms with Crippen LogP contribution >= 0.6 is 23.2 Å². The van der Waals surface area contributed by atoms with Crippen LogP contribution in [-0.4, -0.2) is 41.2 Å². The lowest BCUT2D eigenvalue weighted by atomic mass is 9.81. The molecule has 182 valence electrons. The van der Waals surface area contributed by atoms with E-state index in [0.29, 0.717) is 5.02 Å². The van der Waals surface area contributed by atoms with Gasteiger partial charge in [-0.3, -0.25) is 19.3 Å². The molecule has 1 saturated heterocycles. The number of likely N-dealkylation sites (tertiary alicyclic amines) is 1. The van der Waals surface area contributed by atoms with Gasteiger partial charge in [-0.2, -0.15) is 0 Å². The van der Waals surface area contributed by atoms with Gasteiger partial charge in [0, 0.05) is 11.4 Å². The fraction of sp³-hybridized carbons (Fsp3) is 0.385. The summed E-state index contributed by atoms with van der Waals surface area (Å²) in [6.45, 7) is -0.596. The molecule has 0 radical (unpaired) electrons. The fourth-order valence-electron chi connectivity index (χ4n) is 5.87. The molecule has 5 atom stereocenters. The normalized spacial score (nSPS) is 25.5. The van der Waals surface area contributed by atoms with Crippen LogP contribution in [-0.2, 0) is 30.3 Å². The van der Waals surface area contributed by atoms with Gasteiger partial charge in [0.25, 0.3) is 5.91 Å². The van der Waals surface area contributed by atoms with Crippen molar-refractivity contribution in [2.75, 3.05) is 11.9 Å². The Morgan fingerprint density at radius 1 is 1.00 bits per heavy atom. The van der Waals surface area contributed by atoms with Crippen molar-refractivity contribution in [3.63, 3.8) is 0 Å². The van der Waals surface area contributed by atoms with E-state index in [0.717, 1.165) is 29.7 Å². The molecule has 35 heavy (non-hydrogen) atoms. The van der Waals surface area contributed by atoms with E-state index in [1.165, 1.54) is 12.1 Å². The molecule has 7 nitrogen and oxygen atoms in total. The number of rotatable bonds is 7. The van der Waals surface area contributed by atoms with Gasteiger partial charge >= 0.3 is 5.97 Å². The van der Waals surface area contributed by atoms with Gasteiger partial charge < -0.3 is 10.1 Å². The van der Waals surface area contributed by atoms with Crippen LogP contribution in [0.3, 0.4) is 0 Å². The first-order valence-electron chi connectivity index (χ1n) is 11.7. The molecule has 2 aliphatic carbocycles. The van der Waals surface area contributed by atoms with Crippen LogP contribution in [0, 0.1) is 23.7 Å². The monoisotopic (exact) mass is 514 g/mol. The number of hydrogen-bond donors (Lipinski definition) is 1. The van der Waals surface area contributed by atoms with Crippen LogP contribution in [0.2, 0.25) is 10.0 Å². The van der Waals surface area contributed by atoms with E-state index in [4.69, 9.17) is 27.9 Å². The maximum Gasteiger partial charge on any atom is 0.330 e. The summed E-state index contributed by atoms with van der Waals surface area (Å²) in [5, 5.41) is 3.22. The molecule has 2 aromatic rings. The second-order valence-corrected chi connectivity index (χ2v) is 10.3. The number of hydrogen-bond acceptors (Lipinski definition) is 5. The number of imide groups is 1. The van der Waals surface area contributed by atoms with Gasteiger partial charge in [-0.15, -0.1) is 0 Å². The highest BCUT2D eigenvalue weighted by Gasteiger charge is 2.62. The van der Waals surface area contributed by atoms with Crippen molar-refractivity contribution < 1.29 is 23.9 Å². The molecule has 3 aliphatic rings. The summed E-state index contributed by atoms with van der Waals surface area (Å²) >= 11 is 12.0. The third-order valence-electron chi connectivity index (χ3n) is 7.37. The minimum absolute atomic E-state index is 0.119.